The normalized spacial score (nSPS) is 14.7. The number of Topliss-reactive ketones (excluding diaryl/α,β-unsaturated/α-hetero) is 1. The molecule has 0 spiro atoms. The van der Waals surface area contributed by atoms with Crippen molar-refractivity contribution in [3.8, 4) is 0 Å². The van der Waals surface area contributed by atoms with Gasteiger partial charge < -0.3 is 15.1 Å². The topological polar surface area (TPSA) is 35.6 Å². The second kappa shape index (κ2) is 8.24. The second-order valence-corrected chi connectivity index (χ2v) is 6.17. The van der Waals surface area contributed by atoms with E-state index in [1.54, 1.807) is 12.1 Å². The summed E-state index contributed by atoms with van der Waals surface area (Å²) in [6, 6.07) is 4.70. The zero-order chi connectivity index (χ0) is 16.8. The lowest BCUT2D eigenvalue weighted by Crippen LogP contribution is -2.52. The van der Waals surface area contributed by atoms with Crippen LogP contribution in [0.5, 0.6) is 0 Å². The third kappa shape index (κ3) is 4.64. The molecule has 1 fully saturated rings. The highest BCUT2D eigenvalue weighted by Gasteiger charge is 2.21. The summed E-state index contributed by atoms with van der Waals surface area (Å²) in [5.41, 5.74) is 0.964. The molecule has 1 N–H and O–H groups in total. The summed E-state index contributed by atoms with van der Waals surface area (Å²) < 4.78 is 14.2. The van der Waals surface area contributed by atoms with Gasteiger partial charge in [0.1, 0.15) is 5.82 Å². The van der Waals surface area contributed by atoms with Gasteiger partial charge in [0, 0.05) is 38.3 Å². The number of ketones is 1. The molecule has 0 radical (unpaired) electrons. The number of nitrogens with zero attached hydrogens (tertiary/aromatic N) is 2. The number of anilines is 1. The molecule has 0 aromatic heterocycles. The Kier molecular flexibility index (Phi) is 6.33. The van der Waals surface area contributed by atoms with Crippen LogP contribution in [0.15, 0.2) is 18.2 Å². The van der Waals surface area contributed by atoms with Crippen LogP contribution in [0.1, 0.15) is 37.0 Å². The molecule has 0 unspecified atom stereocenters. The lowest BCUT2D eigenvalue weighted by molar-refractivity contribution is 0.101. The van der Waals surface area contributed by atoms with Crippen molar-refractivity contribution in [3.05, 3.63) is 29.6 Å². The van der Waals surface area contributed by atoms with E-state index < -0.39 is 0 Å². The molecule has 0 saturated carbocycles. The van der Waals surface area contributed by atoms with Gasteiger partial charge in [-0.05, 0) is 43.8 Å². The summed E-state index contributed by atoms with van der Waals surface area (Å²) in [5.74, 6) is -0.460. The Hall–Kier alpha value is -1.69. The van der Waals surface area contributed by atoms with Crippen molar-refractivity contribution in [2.45, 2.75) is 26.7 Å². The zero-order valence-electron chi connectivity index (χ0n) is 13.8. The summed E-state index contributed by atoms with van der Waals surface area (Å²) in [6.45, 7) is 7.46. The molecule has 0 aliphatic carbocycles. The molecule has 1 aromatic rings. The van der Waals surface area contributed by atoms with Gasteiger partial charge in [0.25, 0.3) is 0 Å². The van der Waals surface area contributed by atoms with Gasteiger partial charge in [-0.25, -0.2) is 4.39 Å². The number of carbonyl (C=O) groups excluding carboxylic acids is 1. The molecular weight excluding hydrogens is 313 g/mol. The number of benzene rings is 1. The molecule has 1 saturated heterocycles. The Morgan fingerprint density at radius 3 is 2.57 bits per heavy atom. The fourth-order valence-corrected chi connectivity index (χ4v) is 2.90. The summed E-state index contributed by atoms with van der Waals surface area (Å²) in [7, 11) is 0. The molecule has 1 aromatic carbocycles. The summed E-state index contributed by atoms with van der Waals surface area (Å²) in [4.78, 5) is 15.4. The maximum atomic E-state index is 14.2. The van der Waals surface area contributed by atoms with Crippen LogP contribution in [-0.4, -0.2) is 48.5 Å². The smallest absolute Gasteiger partial charge is 0.169 e. The van der Waals surface area contributed by atoms with Crippen molar-refractivity contribution >= 4 is 28.8 Å². The Balaban J connectivity index is 1.91. The van der Waals surface area contributed by atoms with Crippen molar-refractivity contribution in [2.75, 3.05) is 37.6 Å². The van der Waals surface area contributed by atoms with E-state index in [1.807, 2.05) is 4.90 Å². The summed E-state index contributed by atoms with van der Waals surface area (Å²) >= 11 is 5.40. The maximum absolute atomic E-state index is 14.2. The van der Waals surface area contributed by atoms with Gasteiger partial charge in [0.15, 0.2) is 10.9 Å². The van der Waals surface area contributed by atoms with Crippen LogP contribution < -0.4 is 10.2 Å². The van der Waals surface area contributed by atoms with Crippen molar-refractivity contribution in [3.63, 3.8) is 0 Å². The lowest BCUT2D eigenvalue weighted by Gasteiger charge is -2.37. The molecule has 2 rings (SSSR count). The fraction of sp³-hybridized carbons (Fsp3) is 0.529. The molecule has 1 aliphatic heterocycles. The highest BCUT2D eigenvalue weighted by atomic mass is 32.1. The molecule has 1 heterocycles. The van der Waals surface area contributed by atoms with Crippen molar-refractivity contribution < 1.29 is 9.18 Å². The lowest BCUT2D eigenvalue weighted by atomic mass is 10.1. The molecule has 6 heteroatoms. The number of unbranched alkanes of at least 4 members (excludes halogenated alkanes) is 1. The number of halogens is 1. The Bertz CT molecular complexity index is 571. The van der Waals surface area contributed by atoms with Gasteiger partial charge in [-0.15, -0.1) is 0 Å². The van der Waals surface area contributed by atoms with Crippen molar-refractivity contribution in [2.24, 2.45) is 0 Å². The first-order chi connectivity index (χ1) is 11.0. The monoisotopic (exact) mass is 337 g/mol. The molecule has 0 atom stereocenters. The number of rotatable bonds is 5. The van der Waals surface area contributed by atoms with E-state index >= 15 is 0 Å². The van der Waals surface area contributed by atoms with Gasteiger partial charge in [0.2, 0.25) is 0 Å². The van der Waals surface area contributed by atoms with E-state index in [2.05, 4.69) is 17.1 Å². The van der Waals surface area contributed by atoms with Gasteiger partial charge in [-0.2, -0.15) is 0 Å². The van der Waals surface area contributed by atoms with Crippen molar-refractivity contribution in [1.29, 1.82) is 0 Å². The number of hydrogen-bond donors (Lipinski definition) is 1. The third-order valence-corrected chi connectivity index (χ3v) is 4.47. The number of carbonyl (C=O) groups is 1. The van der Waals surface area contributed by atoms with Crippen LogP contribution in [0.25, 0.3) is 0 Å². The van der Waals surface area contributed by atoms with E-state index in [4.69, 9.17) is 12.2 Å². The number of piperazine rings is 1. The zero-order valence-corrected chi connectivity index (χ0v) is 14.6. The molecule has 126 valence electrons. The number of nitrogens with one attached hydrogen (secondary N) is 1. The predicted octanol–water partition coefficient (Wildman–Crippen LogP) is 2.82. The standard InChI is InChI=1S/C17H24FN3OS/c1-3-4-7-19-17(23)21-10-8-20(9-11-21)16-6-5-14(13(2)22)12-15(16)18/h5-6,12H,3-4,7-11H2,1-2H3,(H,19,23). The van der Waals surface area contributed by atoms with Crippen LogP contribution in [0.2, 0.25) is 0 Å². The van der Waals surface area contributed by atoms with E-state index in [0.29, 0.717) is 24.3 Å². The average molecular weight is 337 g/mol. The highest BCUT2D eigenvalue weighted by Crippen LogP contribution is 2.22. The van der Waals surface area contributed by atoms with Crippen LogP contribution in [-0.2, 0) is 0 Å². The predicted molar refractivity (Wildman–Crippen MR) is 95.7 cm³/mol. The van der Waals surface area contributed by atoms with Gasteiger partial charge in [0.05, 0.1) is 5.69 Å². The third-order valence-electron chi connectivity index (χ3n) is 4.07. The number of thiocarbonyl (C=S) groups is 1. The SMILES string of the molecule is CCCCNC(=S)N1CCN(c2ccc(C(C)=O)cc2F)CC1. The van der Waals surface area contributed by atoms with E-state index in [1.165, 1.54) is 13.0 Å². The van der Waals surface area contributed by atoms with Crippen LogP contribution in [0.4, 0.5) is 10.1 Å². The van der Waals surface area contributed by atoms with Crippen molar-refractivity contribution in [1.82, 2.24) is 10.2 Å². The minimum Gasteiger partial charge on any atom is -0.366 e. The highest BCUT2D eigenvalue weighted by molar-refractivity contribution is 7.80. The first-order valence-corrected chi connectivity index (χ1v) is 8.52. The molecule has 0 amide bonds. The Labute approximate surface area is 142 Å². The van der Waals surface area contributed by atoms with Crippen LogP contribution in [0.3, 0.4) is 0 Å². The molecular formula is C17H24FN3OS. The van der Waals surface area contributed by atoms with E-state index in [-0.39, 0.29) is 11.6 Å². The Morgan fingerprint density at radius 2 is 2.00 bits per heavy atom. The molecule has 0 bridgehead atoms. The average Bonchev–Trinajstić information content (AvgIpc) is 2.55. The minimum absolute atomic E-state index is 0.122. The number of hydrogen-bond acceptors (Lipinski definition) is 3. The quantitative estimate of drug-likeness (QED) is 0.508. The molecule has 23 heavy (non-hydrogen) atoms. The van der Waals surface area contributed by atoms with Crippen LogP contribution in [0, 0.1) is 5.82 Å². The molecule has 4 nitrogen and oxygen atoms in total. The first kappa shape index (κ1) is 17.7. The summed E-state index contributed by atoms with van der Waals surface area (Å²) in [5, 5.41) is 4.05. The van der Waals surface area contributed by atoms with Gasteiger partial charge >= 0.3 is 0 Å². The Morgan fingerprint density at radius 1 is 1.30 bits per heavy atom. The first-order valence-electron chi connectivity index (χ1n) is 8.11. The van der Waals surface area contributed by atoms with E-state index in [9.17, 15) is 9.18 Å². The molecule has 1 aliphatic rings. The maximum Gasteiger partial charge on any atom is 0.169 e. The van der Waals surface area contributed by atoms with Gasteiger partial charge in [-0.1, -0.05) is 13.3 Å². The second-order valence-electron chi connectivity index (χ2n) is 5.78. The minimum atomic E-state index is -0.338. The fourth-order valence-electron chi connectivity index (χ4n) is 2.62. The summed E-state index contributed by atoms with van der Waals surface area (Å²) in [6.07, 6.45) is 2.24. The van der Waals surface area contributed by atoms with Crippen LogP contribution >= 0.6 is 12.2 Å². The van der Waals surface area contributed by atoms with Gasteiger partial charge in [-0.3, -0.25) is 4.79 Å². The van der Waals surface area contributed by atoms with E-state index in [0.717, 1.165) is 37.6 Å². The largest absolute Gasteiger partial charge is 0.366 e.